The number of hydrogen-bond acceptors (Lipinski definition) is 6. The van der Waals surface area contributed by atoms with Gasteiger partial charge in [-0.05, 0) is 24.8 Å². The molecule has 0 aliphatic heterocycles. The Morgan fingerprint density at radius 1 is 1.21 bits per heavy atom. The van der Waals surface area contributed by atoms with Crippen molar-refractivity contribution >= 4 is 22.1 Å². The fraction of sp³-hybridized carbons (Fsp3) is 0.733. The van der Waals surface area contributed by atoms with Gasteiger partial charge in [0.15, 0.2) is 0 Å². The second-order valence-electron chi connectivity index (χ2n) is 5.37. The Labute approximate surface area is 165 Å². The van der Waals surface area contributed by atoms with Gasteiger partial charge >= 0.3 is 45.6 Å². The van der Waals surface area contributed by atoms with Crippen molar-refractivity contribution in [1.29, 1.82) is 0 Å². The van der Waals surface area contributed by atoms with Gasteiger partial charge in [0.2, 0.25) is 5.44 Å². The second-order valence-corrected chi connectivity index (χ2v) is 6.92. The molecule has 1 N–H and O–H groups in total. The number of esters is 1. The first-order valence-corrected chi connectivity index (χ1v) is 9.24. The SMILES string of the molecule is CCCCC(CC)CC(=CC(=O)[O-])C(=O)OC(CC)S(=O)(=O)O.[Na+]. The van der Waals surface area contributed by atoms with Crippen molar-refractivity contribution in [1.82, 2.24) is 0 Å². The molecule has 9 heteroatoms. The predicted octanol–water partition coefficient (Wildman–Crippen LogP) is -1.56. The van der Waals surface area contributed by atoms with Crippen molar-refractivity contribution in [3.63, 3.8) is 0 Å². The fourth-order valence-electron chi connectivity index (χ4n) is 2.15. The Kier molecular flexibility index (Phi) is 13.9. The van der Waals surface area contributed by atoms with E-state index in [0.717, 1.165) is 25.7 Å². The number of carbonyl (C=O) groups excluding carboxylic acids is 2. The number of hydrogen-bond donors (Lipinski definition) is 1. The summed E-state index contributed by atoms with van der Waals surface area (Å²) in [7, 11) is -4.55. The average molecular weight is 372 g/mol. The van der Waals surface area contributed by atoms with Crippen molar-refractivity contribution in [3.8, 4) is 0 Å². The molecule has 0 saturated carbocycles. The molecule has 0 aromatic carbocycles. The molecule has 0 aromatic rings. The van der Waals surface area contributed by atoms with E-state index in [4.69, 9.17) is 9.29 Å². The molecule has 0 aromatic heterocycles. The summed E-state index contributed by atoms with van der Waals surface area (Å²) in [6.45, 7) is 5.37. The number of rotatable bonds is 11. The Morgan fingerprint density at radius 2 is 1.79 bits per heavy atom. The van der Waals surface area contributed by atoms with Gasteiger partial charge < -0.3 is 14.6 Å². The van der Waals surface area contributed by atoms with E-state index in [9.17, 15) is 23.1 Å². The molecule has 0 radical (unpaired) electrons. The van der Waals surface area contributed by atoms with E-state index in [-0.39, 0.29) is 53.9 Å². The van der Waals surface area contributed by atoms with Gasteiger partial charge in [-0.2, -0.15) is 8.42 Å². The maximum atomic E-state index is 12.1. The van der Waals surface area contributed by atoms with Crippen LogP contribution < -0.4 is 34.7 Å². The normalized spacial score (nSPS) is 14.4. The third-order valence-corrected chi connectivity index (χ3v) is 4.60. The average Bonchev–Trinajstić information content (AvgIpc) is 2.45. The maximum Gasteiger partial charge on any atom is 1.00 e. The first-order chi connectivity index (χ1) is 10.6. The van der Waals surface area contributed by atoms with E-state index in [2.05, 4.69) is 0 Å². The van der Waals surface area contributed by atoms with Crippen LogP contribution in [0.25, 0.3) is 0 Å². The van der Waals surface area contributed by atoms with Crippen LogP contribution in [0.15, 0.2) is 11.6 Å². The maximum absolute atomic E-state index is 12.1. The van der Waals surface area contributed by atoms with Gasteiger partial charge in [0.1, 0.15) is 0 Å². The van der Waals surface area contributed by atoms with Crippen LogP contribution in [0.4, 0.5) is 0 Å². The van der Waals surface area contributed by atoms with Crippen LogP contribution in [0.3, 0.4) is 0 Å². The molecule has 134 valence electrons. The number of carboxylic acids is 1. The molecule has 0 fully saturated rings. The van der Waals surface area contributed by atoms with Gasteiger partial charge in [-0.15, -0.1) is 0 Å². The molecule has 0 saturated heterocycles. The Morgan fingerprint density at radius 3 is 2.17 bits per heavy atom. The van der Waals surface area contributed by atoms with Gasteiger partial charge in [-0.25, -0.2) is 4.79 Å². The zero-order valence-corrected chi connectivity index (χ0v) is 17.6. The first kappa shape index (κ1) is 25.8. The molecule has 2 unspecified atom stereocenters. The molecule has 0 heterocycles. The molecule has 0 aliphatic rings. The quantitative estimate of drug-likeness (QED) is 0.201. The summed E-state index contributed by atoms with van der Waals surface area (Å²) in [6, 6.07) is 0. The molecule has 0 spiro atoms. The van der Waals surface area contributed by atoms with E-state index in [0.29, 0.717) is 6.08 Å². The van der Waals surface area contributed by atoms with E-state index >= 15 is 0 Å². The summed E-state index contributed by atoms with van der Waals surface area (Å²) in [5.74, 6) is -2.53. The van der Waals surface area contributed by atoms with Crippen LogP contribution in [0, 0.1) is 5.92 Å². The van der Waals surface area contributed by atoms with Crippen LogP contribution >= 0.6 is 0 Å². The molecule has 0 amide bonds. The number of unbranched alkanes of at least 4 members (excludes halogenated alkanes) is 1. The largest absolute Gasteiger partial charge is 1.00 e. The van der Waals surface area contributed by atoms with Crippen molar-refractivity contribution in [3.05, 3.63) is 11.6 Å². The number of carbonyl (C=O) groups is 2. The number of ether oxygens (including phenoxy) is 1. The standard InChI is InChI=1S/C15H26O7S.Na/c1-4-7-8-11(5-2)9-12(10-13(16)17)15(18)22-14(6-3)23(19,20)21;/h10-11,14H,4-9H2,1-3H3,(H,16,17)(H,19,20,21);/q;+1/p-1. The van der Waals surface area contributed by atoms with Crippen molar-refractivity contribution in [2.24, 2.45) is 5.92 Å². The van der Waals surface area contributed by atoms with Gasteiger partial charge in [0, 0.05) is 5.57 Å². The van der Waals surface area contributed by atoms with Crippen molar-refractivity contribution < 1.29 is 62.0 Å². The fourth-order valence-corrected chi connectivity index (χ4v) is 2.78. The summed E-state index contributed by atoms with van der Waals surface area (Å²) in [6.07, 6.45) is 4.12. The van der Waals surface area contributed by atoms with Crippen molar-refractivity contribution in [2.45, 2.75) is 64.7 Å². The molecule has 2 atom stereocenters. The summed E-state index contributed by atoms with van der Waals surface area (Å²) in [5.41, 5.74) is -1.87. The van der Waals surface area contributed by atoms with E-state index in [1.165, 1.54) is 6.92 Å². The van der Waals surface area contributed by atoms with Crippen molar-refractivity contribution in [2.75, 3.05) is 0 Å². The van der Waals surface area contributed by atoms with Crippen LogP contribution in [0.1, 0.15) is 59.3 Å². The van der Waals surface area contributed by atoms with Gasteiger partial charge in [0.05, 0.1) is 5.97 Å². The molecular formula is C15H25NaO7S. The summed E-state index contributed by atoms with van der Waals surface area (Å²) >= 11 is 0. The summed E-state index contributed by atoms with van der Waals surface area (Å²) in [4.78, 5) is 22.9. The van der Waals surface area contributed by atoms with Crippen LogP contribution in [-0.4, -0.2) is 30.3 Å². The molecular weight excluding hydrogens is 347 g/mol. The molecule has 0 bridgehead atoms. The topological polar surface area (TPSA) is 121 Å². The Balaban J connectivity index is 0. The third-order valence-electron chi connectivity index (χ3n) is 3.51. The molecule has 7 nitrogen and oxygen atoms in total. The van der Waals surface area contributed by atoms with Crippen LogP contribution in [0.2, 0.25) is 0 Å². The molecule has 0 aliphatic carbocycles. The predicted molar refractivity (Wildman–Crippen MR) is 82.7 cm³/mol. The molecule has 0 rings (SSSR count). The minimum Gasteiger partial charge on any atom is -0.545 e. The van der Waals surface area contributed by atoms with Gasteiger partial charge in [-0.1, -0.05) is 46.5 Å². The van der Waals surface area contributed by atoms with Crippen LogP contribution in [-0.2, 0) is 24.4 Å². The van der Waals surface area contributed by atoms with E-state index in [1.54, 1.807) is 0 Å². The third kappa shape index (κ3) is 10.5. The smallest absolute Gasteiger partial charge is 0.545 e. The summed E-state index contributed by atoms with van der Waals surface area (Å²) < 4.78 is 35.9. The van der Waals surface area contributed by atoms with Gasteiger partial charge in [0.25, 0.3) is 0 Å². The van der Waals surface area contributed by atoms with Gasteiger partial charge in [-0.3, -0.25) is 4.55 Å². The zero-order valence-electron chi connectivity index (χ0n) is 14.8. The van der Waals surface area contributed by atoms with Crippen LogP contribution in [0.5, 0.6) is 0 Å². The first-order valence-electron chi connectivity index (χ1n) is 7.74. The minimum atomic E-state index is -4.55. The van der Waals surface area contributed by atoms with E-state index < -0.39 is 27.5 Å². The second kappa shape index (κ2) is 12.9. The molecule has 24 heavy (non-hydrogen) atoms. The number of carboxylic acid groups (broad SMARTS) is 1. The Hall–Kier alpha value is -0.410. The zero-order chi connectivity index (χ0) is 18.0. The monoisotopic (exact) mass is 372 g/mol. The Bertz CT molecular complexity index is 528. The minimum absolute atomic E-state index is 0. The summed E-state index contributed by atoms with van der Waals surface area (Å²) in [5, 5.41) is 10.8. The van der Waals surface area contributed by atoms with E-state index in [1.807, 2.05) is 13.8 Å². The number of aliphatic carboxylic acids is 1.